The smallest absolute Gasteiger partial charge is 0.357 e. The molecule has 0 aliphatic heterocycles. The highest BCUT2D eigenvalue weighted by molar-refractivity contribution is 7.91. The lowest BCUT2D eigenvalue weighted by molar-refractivity contribution is 0.0685. The highest BCUT2D eigenvalue weighted by Crippen LogP contribution is 2.24. The van der Waals surface area contributed by atoms with Crippen LogP contribution in [-0.2, 0) is 9.84 Å². The fourth-order valence-corrected chi connectivity index (χ4v) is 2.85. The average Bonchev–Trinajstić information content (AvgIpc) is 2.37. The third kappa shape index (κ3) is 1.92. The van der Waals surface area contributed by atoms with E-state index in [0.29, 0.717) is 5.52 Å². The second-order valence-electron chi connectivity index (χ2n) is 3.60. The number of fused-ring (bicyclic) bond motifs is 1. The molecule has 18 heavy (non-hydrogen) atoms. The summed E-state index contributed by atoms with van der Waals surface area (Å²) in [6.45, 7) is 1.45. The van der Waals surface area contributed by atoms with Crippen molar-refractivity contribution in [3.63, 3.8) is 0 Å². The number of rotatable bonds is 3. The summed E-state index contributed by atoms with van der Waals surface area (Å²) in [7, 11) is -3.68. The average molecular weight is 266 g/mol. The third-order valence-electron chi connectivity index (χ3n) is 2.52. The van der Waals surface area contributed by atoms with Crippen LogP contribution in [0.25, 0.3) is 10.9 Å². The molecule has 0 aliphatic rings. The van der Waals surface area contributed by atoms with Gasteiger partial charge in [0, 0.05) is 5.39 Å². The molecule has 0 aliphatic carbocycles. The summed E-state index contributed by atoms with van der Waals surface area (Å²) in [4.78, 5) is 10.8. The molecule has 1 N–H and O–H groups in total. The van der Waals surface area contributed by atoms with E-state index in [-0.39, 0.29) is 16.0 Å². The standard InChI is InChI=1S/C11H10N2O4S/c1-2-18(16,17)10-7-5-3-4-6-8(7)12-13-9(10)11(14)15/h3-6H,2H2,1H3,(H,14,15). The number of aromatic carboxylic acids is 1. The minimum atomic E-state index is -3.68. The van der Waals surface area contributed by atoms with Crippen LogP contribution in [0.4, 0.5) is 0 Å². The molecule has 2 rings (SSSR count). The molecule has 0 fully saturated rings. The van der Waals surface area contributed by atoms with Crippen LogP contribution in [0, 0.1) is 0 Å². The second-order valence-corrected chi connectivity index (χ2v) is 5.82. The van der Waals surface area contributed by atoms with Gasteiger partial charge in [0.25, 0.3) is 0 Å². The number of aromatic nitrogens is 2. The number of nitrogens with zero attached hydrogens (tertiary/aromatic N) is 2. The lowest BCUT2D eigenvalue weighted by Gasteiger charge is -2.07. The predicted octanol–water partition coefficient (Wildman–Crippen LogP) is 1.12. The Hall–Kier alpha value is -2.02. The number of hydrogen-bond donors (Lipinski definition) is 1. The van der Waals surface area contributed by atoms with E-state index in [1.165, 1.54) is 13.0 Å². The molecule has 0 saturated heterocycles. The third-order valence-corrected chi connectivity index (χ3v) is 4.31. The first-order chi connectivity index (χ1) is 8.47. The van der Waals surface area contributed by atoms with Gasteiger partial charge in [-0.3, -0.25) is 0 Å². The minimum Gasteiger partial charge on any atom is -0.476 e. The highest BCUT2D eigenvalue weighted by atomic mass is 32.2. The maximum atomic E-state index is 12.0. The summed E-state index contributed by atoms with van der Waals surface area (Å²) in [5, 5.41) is 16.5. The Bertz CT molecular complexity index is 725. The lowest BCUT2D eigenvalue weighted by atomic mass is 10.2. The van der Waals surface area contributed by atoms with E-state index in [0.717, 1.165) is 0 Å². The summed E-state index contributed by atoms with van der Waals surface area (Å²) >= 11 is 0. The number of carbonyl (C=O) groups is 1. The van der Waals surface area contributed by atoms with E-state index >= 15 is 0 Å². The van der Waals surface area contributed by atoms with Gasteiger partial charge in [-0.25, -0.2) is 13.2 Å². The fourth-order valence-electron chi connectivity index (χ4n) is 1.63. The Morgan fingerprint density at radius 2 is 1.94 bits per heavy atom. The van der Waals surface area contributed by atoms with Crippen molar-refractivity contribution in [2.45, 2.75) is 11.8 Å². The molecule has 1 heterocycles. The SMILES string of the molecule is CCS(=O)(=O)c1c(C(=O)O)nnc2ccccc12. The van der Waals surface area contributed by atoms with Gasteiger partial charge in [-0.05, 0) is 6.07 Å². The first-order valence-corrected chi connectivity index (χ1v) is 6.84. The highest BCUT2D eigenvalue weighted by Gasteiger charge is 2.25. The predicted molar refractivity (Wildman–Crippen MR) is 64.2 cm³/mol. The van der Waals surface area contributed by atoms with Crippen LogP contribution in [0.2, 0.25) is 0 Å². The normalized spacial score (nSPS) is 11.6. The summed E-state index contributed by atoms with van der Waals surface area (Å²) in [5.41, 5.74) is -0.176. The van der Waals surface area contributed by atoms with Gasteiger partial charge in [0.2, 0.25) is 0 Å². The quantitative estimate of drug-likeness (QED) is 0.894. The maximum absolute atomic E-state index is 12.0. The van der Waals surface area contributed by atoms with Gasteiger partial charge in [-0.1, -0.05) is 25.1 Å². The number of carboxylic acids is 1. The summed E-state index contributed by atoms with van der Waals surface area (Å²) in [5.74, 6) is -1.59. The molecule has 1 aromatic heterocycles. The number of benzene rings is 1. The molecule has 6 nitrogen and oxygen atoms in total. The molecular formula is C11H10N2O4S. The Morgan fingerprint density at radius 1 is 1.28 bits per heavy atom. The minimum absolute atomic E-state index is 0.192. The molecule has 2 aromatic rings. The van der Waals surface area contributed by atoms with Crippen molar-refractivity contribution in [2.24, 2.45) is 0 Å². The van der Waals surface area contributed by atoms with Gasteiger partial charge in [0.05, 0.1) is 11.3 Å². The van der Waals surface area contributed by atoms with Crippen molar-refractivity contribution in [3.05, 3.63) is 30.0 Å². The van der Waals surface area contributed by atoms with E-state index < -0.39 is 21.5 Å². The van der Waals surface area contributed by atoms with Gasteiger partial charge in [0.15, 0.2) is 15.5 Å². The number of carboxylic acid groups (broad SMARTS) is 1. The Kier molecular flexibility index (Phi) is 3.00. The summed E-state index contributed by atoms with van der Waals surface area (Å²) in [6, 6.07) is 6.42. The Labute approximate surface area is 103 Å². The molecule has 94 valence electrons. The second kappa shape index (κ2) is 4.34. The Balaban J connectivity index is 2.97. The zero-order valence-corrected chi connectivity index (χ0v) is 10.3. The van der Waals surface area contributed by atoms with E-state index in [4.69, 9.17) is 5.11 Å². The van der Waals surface area contributed by atoms with Crippen molar-refractivity contribution in [1.29, 1.82) is 0 Å². The van der Waals surface area contributed by atoms with Crippen LogP contribution in [0.5, 0.6) is 0 Å². The zero-order chi connectivity index (χ0) is 13.3. The Morgan fingerprint density at radius 3 is 2.56 bits per heavy atom. The molecule has 0 bridgehead atoms. The van der Waals surface area contributed by atoms with Crippen LogP contribution >= 0.6 is 0 Å². The van der Waals surface area contributed by atoms with Crippen LogP contribution in [0.15, 0.2) is 29.2 Å². The zero-order valence-electron chi connectivity index (χ0n) is 9.49. The first kappa shape index (κ1) is 12.4. The van der Waals surface area contributed by atoms with Crippen molar-refractivity contribution in [3.8, 4) is 0 Å². The van der Waals surface area contributed by atoms with Crippen molar-refractivity contribution in [2.75, 3.05) is 5.75 Å². The van der Waals surface area contributed by atoms with E-state index in [1.54, 1.807) is 18.2 Å². The lowest BCUT2D eigenvalue weighted by Crippen LogP contribution is -2.14. The summed E-state index contributed by atoms with van der Waals surface area (Å²) in [6.07, 6.45) is 0. The largest absolute Gasteiger partial charge is 0.476 e. The molecular weight excluding hydrogens is 256 g/mol. The van der Waals surface area contributed by atoms with E-state index in [1.807, 2.05) is 0 Å². The molecule has 1 aromatic carbocycles. The van der Waals surface area contributed by atoms with Gasteiger partial charge in [0.1, 0.15) is 4.90 Å². The molecule has 0 spiro atoms. The molecule has 7 heteroatoms. The number of sulfone groups is 1. The van der Waals surface area contributed by atoms with Crippen molar-refractivity contribution >= 4 is 26.7 Å². The number of hydrogen-bond acceptors (Lipinski definition) is 5. The van der Waals surface area contributed by atoms with E-state index in [2.05, 4.69) is 10.2 Å². The molecule has 0 atom stereocenters. The maximum Gasteiger partial charge on any atom is 0.357 e. The molecule has 0 radical (unpaired) electrons. The van der Waals surface area contributed by atoms with Gasteiger partial charge < -0.3 is 5.11 Å². The van der Waals surface area contributed by atoms with Crippen LogP contribution in [-0.4, -0.2) is 35.4 Å². The topological polar surface area (TPSA) is 97.2 Å². The van der Waals surface area contributed by atoms with Crippen LogP contribution < -0.4 is 0 Å². The summed E-state index contributed by atoms with van der Waals surface area (Å²) < 4.78 is 24.0. The monoisotopic (exact) mass is 266 g/mol. The first-order valence-electron chi connectivity index (χ1n) is 5.19. The van der Waals surface area contributed by atoms with Gasteiger partial charge >= 0.3 is 5.97 Å². The van der Waals surface area contributed by atoms with Crippen LogP contribution in [0.3, 0.4) is 0 Å². The van der Waals surface area contributed by atoms with Gasteiger partial charge in [-0.2, -0.15) is 0 Å². The molecule has 0 unspecified atom stereocenters. The fraction of sp³-hybridized carbons (Fsp3) is 0.182. The van der Waals surface area contributed by atoms with Crippen molar-refractivity contribution < 1.29 is 18.3 Å². The molecule has 0 amide bonds. The van der Waals surface area contributed by atoms with Crippen LogP contribution in [0.1, 0.15) is 17.4 Å². The molecule has 0 saturated carbocycles. The van der Waals surface area contributed by atoms with Gasteiger partial charge in [-0.15, -0.1) is 10.2 Å². The van der Waals surface area contributed by atoms with E-state index in [9.17, 15) is 13.2 Å². The van der Waals surface area contributed by atoms with Crippen molar-refractivity contribution in [1.82, 2.24) is 10.2 Å².